The minimum Gasteiger partial charge on any atom is -0.265 e. The first-order valence-corrected chi connectivity index (χ1v) is 9.91. The van der Waals surface area contributed by atoms with Crippen LogP contribution < -0.4 is 4.72 Å². The van der Waals surface area contributed by atoms with E-state index in [1.807, 2.05) is 17.5 Å². The van der Waals surface area contributed by atoms with Gasteiger partial charge in [-0.2, -0.15) is 0 Å². The molecule has 0 aliphatic heterocycles. The lowest BCUT2D eigenvalue weighted by atomic mass is 10.3. The number of aromatic nitrogens is 2. The Morgan fingerprint density at radius 1 is 1.23 bits per heavy atom. The number of rotatable bonds is 6. The molecule has 1 saturated carbocycles. The number of thiazole rings is 1. The summed E-state index contributed by atoms with van der Waals surface area (Å²) in [6, 6.07) is 3.84. The molecule has 0 bridgehead atoms. The molecular formula is C15H19N3O2S2. The first-order valence-electron chi connectivity index (χ1n) is 7.48. The van der Waals surface area contributed by atoms with E-state index in [0.717, 1.165) is 41.9 Å². The second-order valence-electron chi connectivity index (χ2n) is 5.48. The van der Waals surface area contributed by atoms with Gasteiger partial charge in [0.2, 0.25) is 10.0 Å². The van der Waals surface area contributed by atoms with Crippen molar-refractivity contribution in [3.8, 4) is 10.6 Å². The van der Waals surface area contributed by atoms with Gasteiger partial charge in [0.25, 0.3) is 0 Å². The fourth-order valence-corrected chi connectivity index (χ4v) is 5.12. The maximum Gasteiger partial charge on any atom is 0.214 e. The van der Waals surface area contributed by atoms with Gasteiger partial charge in [-0.25, -0.2) is 18.1 Å². The highest BCUT2D eigenvalue weighted by atomic mass is 32.2. The Labute approximate surface area is 134 Å². The molecule has 1 aliphatic carbocycles. The van der Waals surface area contributed by atoms with Gasteiger partial charge in [0, 0.05) is 36.3 Å². The van der Waals surface area contributed by atoms with Crippen molar-refractivity contribution in [3.63, 3.8) is 0 Å². The fourth-order valence-electron chi connectivity index (χ4n) is 2.69. The van der Waals surface area contributed by atoms with Crippen molar-refractivity contribution in [1.29, 1.82) is 0 Å². The van der Waals surface area contributed by atoms with Crippen LogP contribution in [0.15, 0.2) is 29.9 Å². The van der Waals surface area contributed by atoms with Gasteiger partial charge >= 0.3 is 0 Å². The number of pyridine rings is 1. The van der Waals surface area contributed by atoms with E-state index in [0.29, 0.717) is 13.0 Å². The quantitative estimate of drug-likeness (QED) is 0.879. The van der Waals surface area contributed by atoms with E-state index < -0.39 is 10.0 Å². The maximum absolute atomic E-state index is 12.1. The van der Waals surface area contributed by atoms with Crippen LogP contribution in [-0.2, 0) is 16.4 Å². The number of hydrogen-bond acceptors (Lipinski definition) is 5. The van der Waals surface area contributed by atoms with E-state index >= 15 is 0 Å². The van der Waals surface area contributed by atoms with Crippen molar-refractivity contribution in [2.24, 2.45) is 0 Å². The van der Waals surface area contributed by atoms with Crippen LogP contribution in [0.5, 0.6) is 0 Å². The van der Waals surface area contributed by atoms with Gasteiger partial charge in [0.05, 0.1) is 10.9 Å². The summed E-state index contributed by atoms with van der Waals surface area (Å²) in [6.07, 6.45) is 7.72. The lowest BCUT2D eigenvalue weighted by Gasteiger charge is -2.11. The second-order valence-corrected chi connectivity index (χ2v) is 8.38. The molecule has 7 heteroatoms. The molecule has 1 fully saturated rings. The van der Waals surface area contributed by atoms with Crippen LogP contribution >= 0.6 is 11.3 Å². The molecule has 118 valence electrons. The van der Waals surface area contributed by atoms with Gasteiger partial charge in [-0.3, -0.25) is 4.98 Å². The summed E-state index contributed by atoms with van der Waals surface area (Å²) in [5.74, 6) is 0. The van der Waals surface area contributed by atoms with Gasteiger partial charge in [-0.05, 0) is 25.0 Å². The predicted octanol–water partition coefficient (Wildman–Crippen LogP) is 2.61. The normalized spacial score (nSPS) is 16.2. The zero-order valence-corrected chi connectivity index (χ0v) is 13.9. The Kier molecular flexibility index (Phi) is 4.85. The van der Waals surface area contributed by atoms with Crippen molar-refractivity contribution in [1.82, 2.24) is 14.7 Å². The lowest BCUT2D eigenvalue weighted by Crippen LogP contribution is -2.34. The van der Waals surface area contributed by atoms with E-state index in [9.17, 15) is 8.42 Å². The van der Waals surface area contributed by atoms with E-state index in [1.165, 1.54) is 0 Å². The van der Waals surface area contributed by atoms with Gasteiger partial charge in [-0.1, -0.05) is 12.8 Å². The Morgan fingerprint density at radius 2 is 1.95 bits per heavy atom. The van der Waals surface area contributed by atoms with Crippen molar-refractivity contribution < 1.29 is 8.42 Å². The number of nitrogens with one attached hydrogen (secondary N) is 1. The largest absolute Gasteiger partial charge is 0.265 e. The third kappa shape index (κ3) is 3.71. The van der Waals surface area contributed by atoms with Gasteiger partial charge in [-0.15, -0.1) is 11.3 Å². The standard InChI is InChI=1S/C15H19N3O2S2/c19-22(20,14-3-1-2-4-14)17-10-7-13-11-21-15(18-13)12-5-8-16-9-6-12/h5-6,8-9,11,14,17H,1-4,7,10H2. The summed E-state index contributed by atoms with van der Waals surface area (Å²) in [7, 11) is -3.16. The molecule has 0 atom stereocenters. The minimum absolute atomic E-state index is 0.199. The lowest BCUT2D eigenvalue weighted by molar-refractivity contribution is 0.564. The Hall–Kier alpha value is -1.31. The first-order chi connectivity index (χ1) is 10.6. The summed E-state index contributed by atoms with van der Waals surface area (Å²) in [5, 5.41) is 2.73. The van der Waals surface area contributed by atoms with Crippen LogP contribution in [0.4, 0.5) is 0 Å². The van der Waals surface area contributed by atoms with Crippen LogP contribution in [0, 0.1) is 0 Å². The zero-order valence-electron chi connectivity index (χ0n) is 12.2. The molecule has 0 aromatic carbocycles. The Morgan fingerprint density at radius 3 is 2.68 bits per heavy atom. The average Bonchev–Trinajstić information content (AvgIpc) is 3.20. The molecule has 2 heterocycles. The number of sulfonamides is 1. The van der Waals surface area contributed by atoms with Crippen LogP contribution in [0.2, 0.25) is 0 Å². The molecule has 1 N–H and O–H groups in total. The Balaban J connectivity index is 1.55. The Bertz CT molecular complexity index is 707. The molecule has 5 nitrogen and oxygen atoms in total. The molecule has 22 heavy (non-hydrogen) atoms. The molecule has 2 aromatic rings. The summed E-state index contributed by atoms with van der Waals surface area (Å²) >= 11 is 1.57. The van der Waals surface area contributed by atoms with Gasteiger partial charge in [0.15, 0.2) is 0 Å². The topological polar surface area (TPSA) is 72.0 Å². The van der Waals surface area contributed by atoms with Gasteiger partial charge in [0.1, 0.15) is 5.01 Å². The predicted molar refractivity (Wildman–Crippen MR) is 88.2 cm³/mol. The SMILES string of the molecule is O=S(=O)(NCCc1csc(-c2ccncc2)n1)C1CCCC1. The summed E-state index contributed by atoms with van der Waals surface area (Å²) in [5.41, 5.74) is 1.96. The first kappa shape index (κ1) is 15.6. The van der Waals surface area contributed by atoms with E-state index in [2.05, 4.69) is 14.7 Å². The number of nitrogens with zero attached hydrogens (tertiary/aromatic N) is 2. The summed E-state index contributed by atoms with van der Waals surface area (Å²) < 4.78 is 27.0. The molecule has 2 aromatic heterocycles. The van der Waals surface area contributed by atoms with Crippen LogP contribution in [0.3, 0.4) is 0 Å². The third-order valence-electron chi connectivity index (χ3n) is 3.90. The van der Waals surface area contributed by atoms with Crippen molar-refractivity contribution in [3.05, 3.63) is 35.6 Å². The van der Waals surface area contributed by atoms with Crippen molar-refractivity contribution >= 4 is 21.4 Å². The van der Waals surface area contributed by atoms with Crippen molar-refractivity contribution in [2.45, 2.75) is 37.4 Å². The van der Waals surface area contributed by atoms with Gasteiger partial charge < -0.3 is 0 Å². The van der Waals surface area contributed by atoms with E-state index in [1.54, 1.807) is 23.7 Å². The summed E-state index contributed by atoms with van der Waals surface area (Å²) in [6.45, 7) is 0.415. The smallest absolute Gasteiger partial charge is 0.214 e. The summed E-state index contributed by atoms with van der Waals surface area (Å²) in [4.78, 5) is 8.55. The fraction of sp³-hybridized carbons (Fsp3) is 0.467. The highest BCUT2D eigenvalue weighted by Crippen LogP contribution is 2.24. The maximum atomic E-state index is 12.1. The minimum atomic E-state index is -3.16. The molecule has 3 rings (SSSR count). The molecule has 1 aliphatic rings. The highest BCUT2D eigenvalue weighted by molar-refractivity contribution is 7.90. The molecule has 0 spiro atoms. The third-order valence-corrected chi connectivity index (χ3v) is 6.80. The molecule has 0 amide bonds. The average molecular weight is 337 g/mol. The van der Waals surface area contributed by atoms with Crippen LogP contribution in [0.1, 0.15) is 31.4 Å². The van der Waals surface area contributed by atoms with E-state index in [4.69, 9.17) is 0 Å². The molecule has 0 saturated heterocycles. The second kappa shape index (κ2) is 6.85. The van der Waals surface area contributed by atoms with Crippen LogP contribution in [-0.4, -0.2) is 30.2 Å². The van der Waals surface area contributed by atoms with Crippen LogP contribution in [0.25, 0.3) is 10.6 Å². The zero-order chi connectivity index (χ0) is 15.4. The molecular weight excluding hydrogens is 318 g/mol. The number of hydrogen-bond donors (Lipinski definition) is 1. The monoisotopic (exact) mass is 337 g/mol. The molecule has 0 radical (unpaired) electrons. The van der Waals surface area contributed by atoms with Crippen molar-refractivity contribution in [2.75, 3.05) is 6.54 Å². The van der Waals surface area contributed by atoms with E-state index in [-0.39, 0.29) is 5.25 Å². The molecule has 0 unspecified atom stereocenters. The highest BCUT2D eigenvalue weighted by Gasteiger charge is 2.27.